The summed E-state index contributed by atoms with van der Waals surface area (Å²) in [6.07, 6.45) is 0.889. The Hall–Kier alpha value is -0.960. The van der Waals surface area contributed by atoms with Crippen LogP contribution in [0, 0.1) is 0 Å². The average Bonchev–Trinajstić information content (AvgIpc) is 2.28. The highest BCUT2D eigenvalue weighted by molar-refractivity contribution is 8.00. The quantitative estimate of drug-likeness (QED) is 0.735. The third-order valence-corrected chi connectivity index (χ3v) is 4.12. The molecule has 0 atom stereocenters. The molecule has 2 rings (SSSR count). The molecule has 0 saturated carbocycles. The van der Waals surface area contributed by atoms with E-state index in [-0.39, 0.29) is 0 Å². The monoisotopic (exact) mass is 235 g/mol. The molecular formula is C13H17NOS. The molecule has 1 aliphatic heterocycles. The van der Waals surface area contributed by atoms with Gasteiger partial charge in [0.25, 0.3) is 0 Å². The molecule has 0 aromatic heterocycles. The van der Waals surface area contributed by atoms with Crippen LogP contribution in [-0.2, 0) is 0 Å². The summed E-state index contributed by atoms with van der Waals surface area (Å²) in [5.74, 6) is 1.17. The molecular weight excluding hydrogens is 218 g/mol. The van der Waals surface area contributed by atoms with Gasteiger partial charge in [-0.15, -0.1) is 0 Å². The van der Waals surface area contributed by atoms with Crippen molar-refractivity contribution in [1.82, 2.24) is 0 Å². The minimum atomic E-state index is 0.321. The Morgan fingerprint density at radius 1 is 1.31 bits per heavy atom. The predicted octanol–water partition coefficient (Wildman–Crippen LogP) is 2.83. The summed E-state index contributed by atoms with van der Waals surface area (Å²) in [6.45, 7) is 6.72. The van der Waals surface area contributed by atoms with E-state index >= 15 is 0 Å². The van der Waals surface area contributed by atoms with E-state index in [1.165, 1.54) is 11.4 Å². The molecule has 0 amide bonds. The third-order valence-electron chi connectivity index (χ3n) is 2.82. The molecule has 2 nitrogen and oxygen atoms in total. The van der Waals surface area contributed by atoms with Crippen LogP contribution in [0.5, 0.6) is 0 Å². The van der Waals surface area contributed by atoms with Crippen molar-refractivity contribution in [1.29, 1.82) is 0 Å². The van der Waals surface area contributed by atoms with Crippen molar-refractivity contribution < 1.29 is 4.79 Å². The van der Waals surface area contributed by atoms with Crippen LogP contribution in [0.3, 0.4) is 0 Å². The summed E-state index contributed by atoms with van der Waals surface area (Å²) in [6, 6.07) is 7.85. The molecule has 1 aliphatic rings. The number of carbonyl (C=O) groups is 1. The van der Waals surface area contributed by atoms with Crippen LogP contribution in [-0.4, -0.2) is 29.9 Å². The summed E-state index contributed by atoms with van der Waals surface area (Å²) in [7, 11) is 0. The Labute approximate surface area is 101 Å². The van der Waals surface area contributed by atoms with E-state index in [1.54, 1.807) is 0 Å². The van der Waals surface area contributed by atoms with E-state index in [0.29, 0.717) is 4.75 Å². The van der Waals surface area contributed by atoms with Crippen LogP contribution in [0.4, 0.5) is 5.69 Å². The van der Waals surface area contributed by atoms with Crippen molar-refractivity contribution in [2.24, 2.45) is 0 Å². The van der Waals surface area contributed by atoms with Crippen molar-refractivity contribution in [3.8, 4) is 0 Å². The second-order valence-corrected chi connectivity index (χ2v) is 6.54. The minimum absolute atomic E-state index is 0.321. The number of hydrogen-bond donors (Lipinski definition) is 0. The Bertz CT molecular complexity index is 372. The molecule has 0 bridgehead atoms. The van der Waals surface area contributed by atoms with Gasteiger partial charge in [0, 0.05) is 34.8 Å². The first-order valence-electron chi connectivity index (χ1n) is 5.55. The second kappa shape index (κ2) is 4.50. The van der Waals surface area contributed by atoms with Crippen LogP contribution < -0.4 is 4.90 Å². The summed E-state index contributed by atoms with van der Waals surface area (Å²) in [4.78, 5) is 13.0. The fourth-order valence-corrected chi connectivity index (χ4v) is 3.11. The fraction of sp³-hybridized carbons (Fsp3) is 0.462. The molecule has 0 radical (unpaired) electrons. The lowest BCUT2D eigenvalue weighted by molar-refractivity contribution is 0.112. The van der Waals surface area contributed by atoms with E-state index in [1.807, 2.05) is 36.0 Å². The number of anilines is 1. The van der Waals surface area contributed by atoms with Crippen molar-refractivity contribution >= 4 is 23.7 Å². The highest BCUT2D eigenvalue weighted by Gasteiger charge is 2.26. The van der Waals surface area contributed by atoms with Gasteiger partial charge in [-0.2, -0.15) is 11.8 Å². The lowest BCUT2D eigenvalue weighted by Crippen LogP contribution is -2.43. The minimum Gasteiger partial charge on any atom is -0.369 e. The van der Waals surface area contributed by atoms with E-state index in [4.69, 9.17) is 0 Å². The first-order valence-corrected chi connectivity index (χ1v) is 6.53. The first-order chi connectivity index (χ1) is 7.61. The summed E-state index contributed by atoms with van der Waals surface area (Å²) >= 11 is 2.03. The number of nitrogens with zero attached hydrogens (tertiary/aromatic N) is 1. The van der Waals surface area contributed by atoms with Gasteiger partial charge in [0.1, 0.15) is 6.29 Å². The number of benzene rings is 1. The summed E-state index contributed by atoms with van der Waals surface area (Å²) in [5.41, 5.74) is 1.97. The van der Waals surface area contributed by atoms with Crippen molar-refractivity contribution in [2.45, 2.75) is 18.6 Å². The maximum atomic E-state index is 10.6. The number of carbonyl (C=O) groups excluding carboxylic acids is 1. The lowest BCUT2D eigenvalue weighted by atomic mass is 10.1. The van der Waals surface area contributed by atoms with Crippen LogP contribution in [0.2, 0.25) is 0 Å². The second-order valence-electron chi connectivity index (χ2n) is 4.74. The van der Waals surface area contributed by atoms with Gasteiger partial charge < -0.3 is 4.90 Å². The Kier molecular flexibility index (Phi) is 3.24. The molecule has 0 aliphatic carbocycles. The van der Waals surface area contributed by atoms with E-state index in [0.717, 1.165) is 24.9 Å². The highest BCUT2D eigenvalue weighted by Crippen LogP contribution is 2.32. The molecule has 0 spiro atoms. The van der Waals surface area contributed by atoms with Gasteiger partial charge >= 0.3 is 0 Å². The number of aldehydes is 1. The maximum absolute atomic E-state index is 10.6. The standard InChI is InChI=1S/C13H17NOS/c1-13(2)10-14(7-8-16-13)12-5-3-11(9-15)4-6-12/h3-6,9H,7-8,10H2,1-2H3. The van der Waals surface area contributed by atoms with Gasteiger partial charge in [-0.05, 0) is 38.1 Å². The SMILES string of the molecule is CC1(C)CN(c2ccc(C=O)cc2)CCS1. The molecule has 3 heteroatoms. The fourth-order valence-electron chi connectivity index (χ4n) is 2.00. The Morgan fingerprint density at radius 3 is 2.56 bits per heavy atom. The lowest BCUT2D eigenvalue weighted by Gasteiger charge is -2.39. The zero-order valence-electron chi connectivity index (χ0n) is 9.77. The predicted molar refractivity (Wildman–Crippen MR) is 70.6 cm³/mol. The molecule has 1 saturated heterocycles. The van der Waals surface area contributed by atoms with Crippen LogP contribution in [0.25, 0.3) is 0 Å². The Morgan fingerprint density at radius 2 is 2.00 bits per heavy atom. The largest absolute Gasteiger partial charge is 0.369 e. The molecule has 0 N–H and O–H groups in total. The molecule has 86 valence electrons. The summed E-state index contributed by atoms with van der Waals surface area (Å²) in [5, 5.41) is 0. The molecule has 0 unspecified atom stereocenters. The number of hydrogen-bond acceptors (Lipinski definition) is 3. The normalized spacial score (nSPS) is 19.5. The van der Waals surface area contributed by atoms with E-state index in [9.17, 15) is 4.79 Å². The maximum Gasteiger partial charge on any atom is 0.150 e. The number of rotatable bonds is 2. The third kappa shape index (κ3) is 2.59. The average molecular weight is 235 g/mol. The van der Waals surface area contributed by atoms with Gasteiger partial charge in [-0.3, -0.25) is 4.79 Å². The van der Waals surface area contributed by atoms with Gasteiger partial charge in [-0.25, -0.2) is 0 Å². The van der Waals surface area contributed by atoms with Crippen molar-refractivity contribution in [3.05, 3.63) is 29.8 Å². The van der Waals surface area contributed by atoms with Gasteiger partial charge in [0.05, 0.1) is 0 Å². The van der Waals surface area contributed by atoms with Gasteiger partial charge in [0.15, 0.2) is 0 Å². The highest BCUT2D eigenvalue weighted by atomic mass is 32.2. The van der Waals surface area contributed by atoms with Gasteiger partial charge in [-0.1, -0.05) is 0 Å². The molecule has 16 heavy (non-hydrogen) atoms. The summed E-state index contributed by atoms with van der Waals surface area (Å²) < 4.78 is 0.321. The van der Waals surface area contributed by atoms with Gasteiger partial charge in [0.2, 0.25) is 0 Å². The molecule has 1 fully saturated rings. The zero-order chi connectivity index (χ0) is 11.6. The first kappa shape index (κ1) is 11.5. The Balaban J connectivity index is 2.14. The van der Waals surface area contributed by atoms with E-state index in [2.05, 4.69) is 18.7 Å². The van der Waals surface area contributed by atoms with Crippen LogP contribution >= 0.6 is 11.8 Å². The topological polar surface area (TPSA) is 20.3 Å². The van der Waals surface area contributed by atoms with Crippen molar-refractivity contribution in [2.75, 3.05) is 23.7 Å². The molecule has 1 heterocycles. The molecule has 1 aromatic rings. The number of thioether (sulfide) groups is 1. The molecule has 1 aromatic carbocycles. The van der Waals surface area contributed by atoms with E-state index < -0.39 is 0 Å². The van der Waals surface area contributed by atoms with Crippen LogP contribution in [0.15, 0.2) is 24.3 Å². The van der Waals surface area contributed by atoms with Crippen LogP contribution in [0.1, 0.15) is 24.2 Å². The van der Waals surface area contributed by atoms with Crippen molar-refractivity contribution in [3.63, 3.8) is 0 Å². The smallest absolute Gasteiger partial charge is 0.150 e. The zero-order valence-corrected chi connectivity index (χ0v) is 10.6.